The van der Waals surface area contributed by atoms with Crippen LogP contribution >= 0.6 is 0 Å². The number of carbonyl (C=O) groups is 2. The molecule has 3 atom stereocenters. The molecular formula is C26H37N5O6Si. The maximum Gasteiger partial charge on any atom is 0.404 e. The summed E-state index contributed by atoms with van der Waals surface area (Å²) in [5.74, 6) is 0.566. The molecule has 12 heteroatoms. The van der Waals surface area contributed by atoms with Gasteiger partial charge in [0.25, 0.3) is 0 Å². The summed E-state index contributed by atoms with van der Waals surface area (Å²) in [4.78, 5) is 32.5. The summed E-state index contributed by atoms with van der Waals surface area (Å²) in [6.07, 6.45) is 0.875. The lowest BCUT2D eigenvalue weighted by Gasteiger charge is -2.38. The van der Waals surface area contributed by atoms with Crippen molar-refractivity contribution in [3.8, 4) is 0 Å². The van der Waals surface area contributed by atoms with E-state index < -0.39 is 20.5 Å². The predicted octanol–water partition coefficient (Wildman–Crippen LogP) is 4.86. The highest BCUT2D eigenvalue weighted by Gasteiger charge is 2.64. The normalized spacial score (nSPS) is 23.1. The van der Waals surface area contributed by atoms with Crippen molar-refractivity contribution in [3.05, 3.63) is 47.7 Å². The van der Waals surface area contributed by atoms with Crippen molar-refractivity contribution in [2.75, 3.05) is 13.1 Å². The van der Waals surface area contributed by atoms with Crippen molar-refractivity contribution in [2.24, 2.45) is 5.41 Å². The molecule has 3 fully saturated rings. The number of benzene rings is 1. The van der Waals surface area contributed by atoms with Crippen LogP contribution in [0.5, 0.6) is 0 Å². The minimum atomic E-state index is -2.29. The zero-order valence-electron chi connectivity index (χ0n) is 22.6. The fraction of sp³-hybridized carbons (Fsp3) is 0.615. The second kappa shape index (κ2) is 9.65. The molecule has 2 saturated heterocycles. The molecule has 2 N–H and O–H groups in total. The van der Waals surface area contributed by atoms with Gasteiger partial charge in [-0.2, -0.15) is 5.06 Å². The van der Waals surface area contributed by atoms with Gasteiger partial charge < -0.3 is 24.2 Å². The number of hydrogen-bond acceptors (Lipinski definition) is 7. The van der Waals surface area contributed by atoms with Crippen molar-refractivity contribution in [2.45, 2.75) is 83.0 Å². The average molecular weight is 544 g/mol. The molecule has 1 aliphatic carbocycles. The lowest BCUT2D eigenvalue weighted by atomic mass is 9.85. The lowest BCUT2D eigenvalue weighted by Crippen LogP contribution is -2.44. The smallest absolute Gasteiger partial charge is 0.404 e. The van der Waals surface area contributed by atoms with Gasteiger partial charge in [-0.1, -0.05) is 51.1 Å². The van der Waals surface area contributed by atoms with Crippen molar-refractivity contribution in [1.82, 2.24) is 25.5 Å². The number of carbonyl (C=O) groups excluding carboxylic acids is 1. The Balaban J connectivity index is 1.35. The van der Waals surface area contributed by atoms with Crippen LogP contribution in [0.15, 0.2) is 34.7 Å². The number of amides is 3. The highest BCUT2D eigenvalue weighted by molar-refractivity contribution is 6.74. The molecule has 3 amide bonds. The number of aromatic nitrogens is 2. The van der Waals surface area contributed by atoms with Crippen LogP contribution in [0.4, 0.5) is 9.59 Å². The molecular weight excluding hydrogens is 506 g/mol. The number of nitrogens with one attached hydrogen (secondary N) is 1. The molecule has 1 saturated carbocycles. The third-order valence-electron chi connectivity index (χ3n) is 8.57. The number of piperidine rings is 1. The first-order valence-electron chi connectivity index (χ1n) is 13.1. The Bertz CT molecular complexity index is 1180. The average Bonchev–Trinajstić information content (AvgIpc) is 3.33. The van der Waals surface area contributed by atoms with Crippen LogP contribution in [0.1, 0.15) is 69.5 Å². The summed E-state index contributed by atoms with van der Waals surface area (Å²) in [7, 11) is -2.29. The Morgan fingerprint density at radius 3 is 2.61 bits per heavy atom. The molecule has 2 aliphatic heterocycles. The van der Waals surface area contributed by atoms with Crippen LogP contribution in [-0.4, -0.2) is 64.8 Å². The number of carboxylic acid groups (broad SMARTS) is 1. The third-order valence-corrected chi connectivity index (χ3v) is 13.1. The number of rotatable bonds is 9. The van der Waals surface area contributed by atoms with Gasteiger partial charge in [-0.15, -0.1) is 10.2 Å². The van der Waals surface area contributed by atoms with Gasteiger partial charge in [0.15, 0.2) is 8.32 Å². The van der Waals surface area contributed by atoms with E-state index in [1.165, 1.54) is 0 Å². The van der Waals surface area contributed by atoms with Crippen LogP contribution in [0.25, 0.3) is 0 Å². The largest absolute Gasteiger partial charge is 0.465 e. The lowest BCUT2D eigenvalue weighted by molar-refractivity contribution is -0.153. The number of urea groups is 1. The second-order valence-electron chi connectivity index (χ2n) is 12.1. The minimum Gasteiger partial charge on any atom is -0.465 e. The molecule has 1 aromatic heterocycles. The van der Waals surface area contributed by atoms with Crippen LogP contribution < -0.4 is 5.32 Å². The number of fused-ring (bicyclic) bond motifs is 3. The van der Waals surface area contributed by atoms with E-state index in [9.17, 15) is 14.7 Å². The molecule has 3 heterocycles. The zero-order valence-corrected chi connectivity index (χ0v) is 23.6. The second-order valence-corrected chi connectivity index (χ2v) is 16.9. The van der Waals surface area contributed by atoms with Crippen LogP contribution in [0, 0.1) is 5.41 Å². The fourth-order valence-electron chi connectivity index (χ4n) is 5.12. The molecule has 3 aliphatic rings. The SMILES string of the molecule is CC(C)(C)[Si](C)(C)O[C@@H](CNC(=O)O)c1nnc([C@@H]2CC3(CC3)[C@@H]3CN2C(=O)N3OCc2ccccc2)o1. The van der Waals surface area contributed by atoms with Gasteiger partial charge in [0, 0.05) is 6.54 Å². The monoisotopic (exact) mass is 543 g/mol. The molecule has 38 heavy (non-hydrogen) atoms. The number of hydrogen-bond donors (Lipinski definition) is 2. The Hall–Kier alpha value is -2.96. The fourth-order valence-corrected chi connectivity index (χ4v) is 6.37. The predicted molar refractivity (Wildman–Crippen MR) is 139 cm³/mol. The first-order chi connectivity index (χ1) is 17.9. The van der Waals surface area contributed by atoms with E-state index in [0.717, 1.165) is 24.8 Å². The Morgan fingerprint density at radius 2 is 1.97 bits per heavy atom. The van der Waals surface area contributed by atoms with Crippen molar-refractivity contribution in [1.29, 1.82) is 0 Å². The van der Waals surface area contributed by atoms with Gasteiger partial charge in [-0.05, 0) is 48.4 Å². The van der Waals surface area contributed by atoms with Gasteiger partial charge in [0.05, 0.1) is 12.6 Å². The molecule has 0 unspecified atom stereocenters. The quantitative estimate of drug-likeness (QED) is 0.429. The van der Waals surface area contributed by atoms with Gasteiger partial charge in [-0.25, -0.2) is 9.59 Å². The highest BCUT2D eigenvalue weighted by atomic mass is 28.4. The molecule has 2 aromatic rings. The summed E-state index contributed by atoms with van der Waals surface area (Å²) >= 11 is 0. The summed E-state index contributed by atoms with van der Waals surface area (Å²) in [5.41, 5.74) is 0.975. The number of nitrogens with zero attached hydrogens (tertiary/aromatic N) is 4. The first-order valence-corrected chi connectivity index (χ1v) is 16.1. The van der Waals surface area contributed by atoms with Gasteiger partial charge in [-0.3, -0.25) is 4.84 Å². The van der Waals surface area contributed by atoms with E-state index in [-0.39, 0.29) is 41.0 Å². The van der Waals surface area contributed by atoms with E-state index in [4.69, 9.17) is 13.7 Å². The topological polar surface area (TPSA) is 130 Å². The Morgan fingerprint density at radius 1 is 1.26 bits per heavy atom. The van der Waals surface area contributed by atoms with E-state index in [2.05, 4.69) is 49.4 Å². The van der Waals surface area contributed by atoms with E-state index in [1.54, 1.807) is 9.96 Å². The van der Waals surface area contributed by atoms with Gasteiger partial charge in [0.2, 0.25) is 11.8 Å². The van der Waals surface area contributed by atoms with Crippen LogP contribution in [-0.2, 0) is 15.9 Å². The van der Waals surface area contributed by atoms with Crippen molar-refractivity contribution < 1.29 is 28.4 Å². The summed E-state index contributed by atoms with van der Waals surface area (Å²) < 4.78 is 12.6. The molecule has 11 nitrogen and oxygen atoms in total. The van der Waals surface area contributed by atoms with E-state index in [1.807, 2.05) is 30.3 Å². The standard InChI is InChI=1S/C26H37N5O6Si/c1-25(2,3)38(4,5)37-19(14-27-23(32)33)22-29-28-21(36-22)18-13-26(11-12-26)20-15-30(18)24(34)31(20)35-16-17-9-7-6-8-10-17/h6-10,18-20,27H,11-16H2,1-5H3,(H,32,33)/t18-,19-,20-/m0/s1. The molecule has 5 rings (SSSR count). The zero-order chi connectivity index (χ0) is 27.3. The molecule has 206 valence electrons. The first kappa shape index (κ1) is 26.6. The minimum absolute atomic E-state index is 0.00760. The Labute approximate surface area is 223 Å². The highest BCUT2D eigenvalue weighted by Crippen LogP contribution is 2.61. The van der Waals surface area contributed by atoms with Crippen LogP contribution in [0.3, 0.4) is 0 Å². The maximum atomic E-state index is 13.5. The van der Waals surface area contributed by atoms with E-state index in [0.29, 0.717) is 19.0 Å². The molecule has 1 spiro atoms. The van der Waals surface area contributed by atoms with Crippen molar-refractivity contribution >= 4 is 20.4 Å². The summed E-state index contributed by atoms with van der Waals surface area (Å²) in [6.45, 7) is 11.4. The molecule has 2 bridgehead atoms. The Kier molecular flexibility index (Phi) is 6.77. The van der Waals surface area contributed by atoms with E-state index >= 15 is 0 Å². The number of hydroxylamine groups is 2. The molecule has 1 aromatic carbocycles. The maximum absolute atomic E-state index is 13.5. The van der Waals surface area contributed by atoms with Gasteiger partial charge >= 0.3 is 12.1 Å². The molecule has 0 radical (unpaired) electrons. The summed E-state index contributed by atoms with van der Waals surface area (Å²) in [6, 6.07) is 9.24. The van der Waals surface area contributed by atoms with Crippen molar-refractivity contribution in [3.63, 3.8) is 0 Å². The third kappa shape index (κ3) is 5.04. The van der Waals surface area contributed by atoms with Crippen LogP contribution in [0.2, 0.25) is 18.1 Å². The summed E-state index contributed by atoms with van der Waals surface area (Å²) in [5, 5.41) is 21.7. The van der Waals surface area contributed by atoms with Gasteiger partial charge in [0.1, 0.15) is 18.8 Å².